The first-order valence-electron chi connectivity index (χ1n) is 5.54. The molecule has 0 aromatic carbocycles. The quantitative estimate of drug-likeness (QED) is 0.882. The molecule has 0 aliphatic carbocycles. The Bertz CT molecular complexity index is 295. The molecule has 1 saturated heterocycles. The van der Waals surface area contributed by atoms with Crippen molar-refractivity contribution in [2.75, 3.05) is 12.3 Å². The Morgan fingerprint density at radius 3 is 3.07 bits per heavy atom. The largest absolute Gasteiger partial charge is 0.311 e. The molecule has 0 saturated carbocycles. The van der Waals surface area contributed by atoms with Gasteiger partial charge in [0.25, 0.3) is 0 Å². The van der Waals surface area contributed by atoms with E-state index in [2.05, 4.69) is 22.4 Å². The number of rotatable bonds is 4. The van der Waals surface area contributed by atoms with Crippen molar-refractivity contribution >= 4 is 23.1 Å². The second-order valence-corrected chi connectivity index (χ2v) is 6.07. The van der Waals surface area contributed by atoms with Crippen molar-refractivity contribution in [3.05, 3.63) is 10.0 Å². The highest BCUT2D eigenvalue weighted by atomic mass is 32.2. The van der Waals surface area contributed by atoms with Gasteiger partial charge in [-0.1, -0.05) is 24.7 Å². The van der Waals surface area contributed by atoms with E-state index in [0.29, 0.717) is 5.25 Å². The van der Waals surface area contributed by atoms with Crippen LogP contribution in [0.3, 0.4) is 0 Å². The molecule has 0 bridgehead atoms. The zero-order valence-corrected chi connectivity index (χ0v) is 10.7. The summed E-state index contributed by atoms with van der Waals surface area (Å²) in [6.45, 7) is 3.97. The van der Waals surface area contributed by atoms with Gasteiger partial charge in [0.1, 0.15) is 10.0 Å². The fraction of sp³-hybridized carbons (Fsp3) is 0.800. The van der Waals surface area contributed by atoms with Gasteiger partial charge in [-0.3, -0.25) is 0 Å². The number of hydrogen-bond acceptors (Lipinski definition) is 5. The van der Waals surface area contributed by atoms with E-state index >= 15 is 0 Å². The van der Waals surface area contributed by atoms with Crippen molar-refractivity contribution in [3.8, 4) is 0 Å². The van der Waals surface area contributed by atoms with E-state index in [9.17, 15) is 0 Å². The minimum absolute atomic E-state index is 0.617. The average Bonchev–Trinajstić information content (AvgIpc) is 2.76. The van der Waals surface area contributed by atoms with Crippen LogP contribution in [0, 0.1) is 0 Å². The Labute approximate surface area is 99.1 Å². The lowest BCUT2D eigenvalue weighted by atomic mass is 10.2. The maximum absolute atomic E-state index is 4.30. The van der Waals surface area contributed by atoms with Gasteiger partial charge in [-0.15, -0.1) is 10.2 Å². The molecule has 1 aromatic rings. The molecular weight excluding hydrogens is 226 g/mol. The van der Waals surface area contributed by atoms with Gasteiger partial charge < -0.3 is 5.32 Å². The fourth-order valence-electron chi connectivity index (χ4n) is 1.64. The number of thioether (sulfide) groups is 1. The molecule has 2 heterocycles. The normalized spacial score (nSPS) is 21.8. The van der Waals surface area contributed by atoms with Crippen molar-refractivity contribution in [1.82, 2.24) is 15.5 Å². The molecule has 2 rings (SSSR count). The summed E-state index contributed by atoms with van der Waals surface area (Å²) in [5.74, 6) is 1.28. The predicted molar refractivity (Wildman–Crippen MR) is 66.3 cm³/mol. The van der Waals surface area contributed by atoms with Crippen LogP contribution in [0.4, 0.5) is 0 Å². The third-order valence-electron chi connectivity index (χ3n) is 2.46. The van der Waals surface area contributed by atoms with Crippen LogP contribution in [0.1, 0.15) is 41.5 Å². The number of hydrogen-bond donors (Lipinski definition) is 1. The number of nitrogens with zero attached hydrogens (tertiary/aromatic N) is 2. The highest BCUT2D eigenvalue weighted by Gasteiger charge is 2.19. The van der Waals surface area contributed by atoms with Crippen LogP contribution in [0.2, 0.25) is 0 Å². The third kappa shape index (κ3) is 3.16. The van der Waals surface area contributed by atoms with Gasteiger partial charge >= 0.3 is 0 Å². The van der Waals surface area contributed by atoms with Crippen molar-refractivity contribution in [2.45, 2.75) is 38.0 Å². The molecule has 1 fully saturated rings. The molecule has 1 aliphatic rings. The van der Waals surface area contributed by atoms with Crippen LogP contribution in [-0.2, 0) is 6.54 Å². The van der Waals surface area contributed by atoms with E-state index in [1.165, 1.54) is 30.0 Å². The van der Waals surface area contributed by atoms with Gasteiger partial charge in [0.2, 0.25) is 0 Å². The van der Waals surface area contributed by atoms with E-state index in [1.54, 1.807) is 11.3 Å². The number of aromatic nitrogens is 2. The Balaban J connectivity index is 1.93. The van der Waals surface area contributed by atoms with E-state index in [4.69, 9.17) is 0 Å². The molecule has 0 spiro atoms. The maximum Gasteiger partial charge on any atom is 0.131 e. The smallest absolute Gasteiger partial charge is 0.131 e. The summed E-state index contributed by atoms with van der Waals surface area (Å²) in [6.07, 6.45) is 3.99. The van der Waals surface area contributed by atoms with Gasteiger partial charge in [-0.2, -0.15) is 11.8 Å². The van der Waals surface area contributed by atoms with Gasteiger partial charge in [0.05, 0.1) is 5.25 Å². The molecular formula is C10H17N3S2. The van der Waals surface area contributed by atoms with Gasteiger partial charge in [-0.25, -0.2) is 0 Å². The van der Waals surface area contributed by atoms with Gasteiger partial charge in [0.15, 0.2) is 0 Å². The number of nitrogens with one attached hydrogen (secondary N) is 1. The first-order valence-corrected chi connectivity index (χ1v) is 7.41. The summed E-state index contributed by atoms with van der Waals surface area (Å²) >= 11 is 3.81. The molecule has 0 amide bonds. The molecule has 1 N–H and O–H groups in total. The summed E-state index contributed by atoms with van der Waals surface area (Å²) in [7, 11) is 0. The summed E-state index contributed by atoms with van der Waals surface area (Å²) < 4.78 is 0. The van der Waals surface area contributed by atoms with Crippen LogP contribution in [0.25, 0.3) is 0 Å². The SMILES string of the molecule is CCNCc1nnc(C2CCCCS2)s1. The minimum Gasteiger partial charge on any atom is -0.311 e. The minimum atomic E-state index is 0.617. The summed E-state index contributed by atoms with van der Waals surface area (Å²) in [5, 5.41) is 14.8. The van der Waals surface area contributed by atoms with Gasteiger partial charge in [0, 0.05) is 6.54 Å². The molecule has 1 aliphatic heterocycles. The summed E-state index contributed by atoms with van der Waals surface area (Å²) in [4.78, 5) is 0. The van der Waals surface area contributed by atoms with Crippen LogP contribution >= 0.6 is 23.1 Å². The van der Waals surface area contributed by atoms with E-state index < -0.39 is 0 Å². The highest BCUT2D eigenvalue weighted by molar-refractivity contribution is 7.99. The van der Waals surface area contributed by atoms with Crippen molar-refractivity contribution in [1.29, 1.82) is 0 Å². The Kier molecular flexibility index (Phi) is 4.41. The van der Waals surface area contributed by atoms with Crippen molar-refractivity contribution < 1.29 is 0 Å². The standard InChI is InChI=1S/C10H17N3S2/c1-2-11-7-9-12-13-10(15-9)8-5-3-4-6-14-8/h8,11H,2-7H2,1H3. The van der Waals surface area contributed by atoms with Crippen molar-refractivity contribution in [3.63, 3.8) is 0 Å². The van der Waals surface area contributed by atoms with Crippen LogP contribution < -0.4 is 5.32 Å². The van der Waals surface area contributed by atoms with E-state index in [-0.39, 0.29) is 0 Å². The zero-order chi connectivity index (χ0) is 10.5. The summed E-state index contributed by atoms with van der Waals surface area (Å²) in [5.41, 5.74) is 0. The summed E-state index contributed by atoms with van der Waals surface area (Å²) in [6, 6.07) is 0. The molecule has 3 nitrogen and oxygen atoms in total. The third-order valence-corrected chi connectivity index (χ3v) is 5.04. The van der Waals surface area contributed by atoms with Crippen LogP contribution in [0.15, 0.2) is 0 Å². The predicted octanol–water partition coefficient (Wildman–Crippen LogP) is 2.61. The lowest BCUT2D eigenvalue weighted by Crippen LogP contribution is -2.11. The molecule has 15 heavy (non-hydrogen) atoms. The molecule has 1 atom stereocenters. The van der Waals surface area contributed by atoms with Crippen molar-refractivity contribution in [2.24, 2.45) is 0 Å². The van der Waals surface area contributed by atoms with Crippen LogP contribution in [-0.4, -0.2) is 22.5 Å². The lowest BCUT2D eigenvalue weighted by Gasteiger charge is -2.17. The Hall–Kier alpha value is -0.130. The molecule has 1 unspecified atom stereocenters. The first kappa shape index (κ1) is 11.4. The second kappa shape index (κ2) is 5.82. The van der Waals surface area contributed by atoms with Crippen LogP contribution in [0.5, 0.6) is 0 Å². The highest BCUT2D eigenvalue weighted by Crippen LogP contribution is 2.39. The average molecular weight is 243 g/mol. The van der Waals surface area contributed by atoms with Gasteiger partial charge in [-0.05, 0) is 25.1 Å². The molecule has 84 valence electrons. The fourth-order valence-corrected chi connectivity index (χ4v) is 3.99. The Morgan fingerprint density at radius 2 is 2.33 bits per heavy atom. The topological polar surface area (TPSA) is 37.8 Å². The lowest BCUT2D eigenvalue weighted by molar-refractivity contribution is 0.676. The molecule has 0 radical (unpaired) electrons. The molecule has 1 aromatic heterocycles. The zero-order valence-electron chi connectivity index (χ0n) is 9.03. The van der Waals surface area contributed by atoms with E-state index in [1.807, 2.05) is 11.8 Å². The van der Waals surface area contributed by atoms with E-state index in [0.717, 1.165) is 18.1 Å². The Morgan fingerprint density at radius 1 is 1.40 bits per heavy atom. The second-order valence-electron chi connectivity index (χ2n) is 3.67. The first-order chi connectivity index (χ1) is 7.40. The maximum atomic E-state index is 4.30. The molecule has 5 heteroatoms. The monoisotopic (exact) mass is 243 g/mol.